The number of hydrogen-bond acceptors (Lipinski definition) is 1. The van der Waals surface area contributed by atoms with E-state index in [0.29, 0.717) is 6.04 Å². The first-order chi connectivity index (χ1) is 7.70. The summed E-state index contributed by atoms with van der Waals surface area (Å²) >= 11 is 0. The molecule has 0 saturated heterocycles. The average molecular weight is 217 g/mol. The van der Waals surface area contributed by atoms with Crippen LogP contribution in [0, 0.1) is 12.8 Å². The molecule has 1 aliphatic rings. The Morgan fingerprint density at radius 1 is 1.25 bits per heavy atom. The van der Waals surface area contributed by atoms with E-state index in [1.54, 1.807) is 0 Å². The molecule has 0 aliphatic heterocycles. The van der Waals surface area contributed by atoms with Crippen molar-refractivity contribution in [3.8, 4) is 0 Å². The highest BCUT2D eigenvalue weighted by Gasteiger charge is 2.30. The van der Waals surface area contributed by atoms with Crippen LogP contribution in [0.3, 0.4) is 0 Å². The molecule has 2 unspecified atom stereocenters. The third-order valence-electron chi connectivity index (χ3n) is 3.67. The van der Waals surface area contributed by atoms with Gasteiger partial charge in [-0.05, 0) is 44.6 Å². The first-order valence-electron chi connectivity index (χ1n) is 6.53. The van der Waals surface area contributed by atoms with Crippen molar-refractivity contribution in [3.05, 3.63) is 35.4 Å². The Bertz CT molecular complexity index is 324. The predicted octanol–water partition coefficient (Wildman–Crippen LogP) is 3.83. The van der Waals surface area contributed by atoms with E-state index in [1.165, 1.54) is 30.4 Å². The first-order valence-corrected chi connectivity index (χ1v) is 6.53. The lowest BCUT2D eigenvalue weighted by Crippen LogP contribution is -2.32. The van der Waals surface area contributed by atoms with Gasteiger partial charge in [0, 0.05) is 12.1 Å². The number of rotatable bonds is 5. The molecular weight excluding hydrogens is 194 g/mol. The summed E-state index contributed by atoms with van der Waals surface area (Å²) in [6, 6.07) is 10.1. The smallest absolute Gasteiger partial charge is 0.0294 e. The molecule has 0 aromatic heterocycles. The lowest BCUT2D eigenvalue weighted by molar-refractivity contribution is 0.405. The average Bonchev–Trinajstić information content (AvgIpc) is 3.10. The standard InChI is InChI=1S/C15H23N/c1-4-15(14-9-10-14)16-12(3)13-7-5-11(2)6-8-13/h5-8,12,14-16H,4,9-10H2,1-3H3. The van der Waals surface area contributed by atoms with Crippen LogP contribution in [0.15, 0.2) is 24.3 Å². The molecule has 0 amide bonds. The van der Waals surface area contributed by atoms with Gasteiger partial charge in [-0.3, -0.25) is 0 Å². The molecule has 16 heavy (non-hydrogen) atoms. The molecule has 0 radical (unpaired) electrons. The van der Waals surface area contributed by atoms with Gasteiger partial charge < -0.3 is 5.32 Å². The molecule has 1 heteroatoms. The largest absolute Gasteiger partial charge is 0.307 e. The van der Waals surface area contributed by atoms with Gasteiger partial charge in [0.15, 0.2) is 0 Å². The van der Waals surface area contributed by atoms with Crippen LogP contribution in [-0.2, 0) is 0 Å². The van der Waals surface area contributed by atoms with Crippen LogP contribution in [0.1, 0.15) is 50.3 Å². The summed E-state index contributed by atoms with van der Waals surface area (Å²) in [6.45, 7) is 6.70. The summed E-state index contributed by atoms with van der Waals surface area (Å²) in [6.07, 6.45) is 4.10. The van der Waals surface area contributed by atoms with Gasteiger partial charge in [-0.25, -0.2) is 0 Å². The van der Waals surface area contributed by atoms with Crippen LogP contribution < -0.4 is 5.32 Å². The highest BCUT2D eigenvalue weighted by Crippen LogP contribution is 2.35. The number of nitrogens with one attached hydrogen (secondary N) is 1. The van der Waals surface area contributed by atoms with Crippen LogP contribution in [0.25, 0.3) is 0 Å². The molecule has 2 atom stereocenters. The van der Waals surface area contributed by atoms with Crippen molar-refractivity contribution in [2.75, 3.05) is 0 Å². The van der Waals surface area contributed by atoms with E-state index in [-0.39, 0.29) is 0 Å². The molecule has 1 aromatic rings. The zero-order chi connectivity index (χ0) is 11.5. The maximum atomic E-state index is 3.76. The molecule has 0 spiro atoms. The van der Waals surface area contributed by atoms with Crippen LogP contribution in [-0.4, -0.2) is 6.04 Å². The fourth-order valence-corrected chi connectivity index (χ4v) is 2.36. The monoisotopic (exact) mass is 217 g/mol. The van der Waals surface area contributed by atoms with Gasteiger partial charge in [0.05, 0.1) is 0 Å². The molecule has 1 aromatic carbocycles. The van der Waals surface area contributed by atoms with Gasteiger partial charge in [0.2, 0.25) is 0 Å². The van der Waals surface area contributed by atoms with E-state index in [1.807, 2.05) is 0 Å². The third-order valence-corrected chi connectivity index (χ3v) is 3.67. The minimum absolute atomic E-state index is 0.478. The molecule has 88 valence electrons. The van der Waals surface area contributed by atoms with Gasteiger partial charge in [0.25, 0.3) is 0 Å². The van der Waals surface area contributed by atoms with Crippen molar-refractivity contribution in [2.45, 2.75) is 52.1 Å². The van der Waals surface area contributed by atoms with Crippen molar-refractivity contribution >= 4 is 0 Å². The second-order valence-corrected chi connectivity index (χ2v) is 5.15. The SMILES string of the molecule is CCC(NC(C)c1ccc(C)cc1)C1CC1. The topological polar surface area (TPSA) is 12.0 Å². The van der Waals surface area contributed by atoms with E-state index in [9.17, 15) is 0 Å². The quantitative estimate of drug-likeness (QED) is 0.790. The number of hydrogen-bond donors (Lipinski definition) is 1. The first kappa shape index (κ1) is 11.7. The Morgan fingerprint density at radius 3 is 2.38 bits per heavy atom. The summed E-state index contributed by atoms with van der Waals surface area (Å²) in [4.78, 5) is 0. The van der Waals surface area contributed by atoms with Crippen LogP contribution in [0.2, 0.25) is 0 Å². The Labute approximate surface area is 99.3 Å². The molecule has 0 heterocycles. The van der Waals surface area contributed by atoms with Crippen LogP contribution >= 0.6 is 0 Å². The highest BCUT2D eigenvalue weighted by atomic mass is 15.0. The van der Waals surface area contributed by atoms with Crippen LogP contribution in [0.5, 0.6) is 0 Å². The van der Waals surface area contributed by atoms with Gasteiger partial charge in [0.1, 0.15) is 0 Å². The van der Waals surface area contributed by atoms with Crippen molar-refractivity contribution in [1.82, 2.24) is 5.32 Å². The van der Waals surface area contributed by atoms with E-state index in [4.69, 9.17) is 0 Å². The molecule has 1 nitrogen and oxygen atoms in total. The number of aryl methyl sites for hydroxylation is 1. The summed E-state index contributed by atoms with van der Waals surface area (Å²) in [7, 11) is 0. The van der Waals surface area contributed by atoms with Gasteiger partial charge in [-0.15, -0.1) is 0 Å². The van der Waals surface area contributed by atoms with E-state index < -0.39 is 0 Å². The molecule has 0 bridgehead atoms. The van der Waals surface area contributed by atoms with Crippen LogP contribution in [0.4, 0.5) is 0 Å². The van der Waals surface area contributed by atoms with Crippen molar-refractivity contribution < 1.29 is 0 Å². The van der Waals surface area contributed by atoms with Crippen molar-refractivity contribution in [2.24, 2.45) is 5.92 Å². The maximum Gasteiger partial charge on any atom is 0.0294 e. The normalized spacial score (nSPS) is 19.4. The Morgan fingerprint density at radius 2 is 1.88 bits per heavy atom. The minimum Gasteiger partial charge on any atom is -0.307 e. The van der Waals surface area contributed by atoms with Gasteiger partial charge in [-0.2, -0.15) is 0 Å². The molecule has 1 saturated carbocycles. The fraction of sp³-hybridized carbons (Fsp3) is 0.600. The van der Waals surface area contributed by atoms with E-state index in [0.717, 1.165) is 12.0 Å². The Kier molecular flexibility index (Phi) is 3.65. The summed E-state index contributed by atoms with van der Waals surface area (Å²) in [5.74, 6) is 0.942. The molecule has 1 fully saturated rings. The molecule has 2 rings (SSSR count). The van der Waals surface area contributed by atoms with E-state index >= 15 is 0 Å². The maximum absolute atomic E-state index is 3.76. The lowest BCUT2D eigenvalue weighted by atomic mass is 10.0. The zero-order valence-electron chi connectivity index (χ0n) is 10.7. The van der Waals surface area contributed by atoms with Gasteiger partial charge >= 0.3 is 0 Å². The Balaban J connectivity index is 1.95. The fourth-order valence-electron chi connectivity index (χ4n) is 2.36. The third kappa shape index (κ3) is 2.85. The summed E-state index contributed by atoms with van der Waals surface area (Å²) < 4.78 is 0. The van der Waals surface area contributed by atoms with Crippen molar-refractivity contribution in [3.63, 3.8) is 0 Å². The Hall–Kier alpha value is -0.820. The second-order valence-electron chi connectivity index (χ2n) is 5.15. The molecular formula is C15H23N. The lowest BCUT2D eigenvalue weighted by Gasteiger charge is -2.22. The summed E-state index contributed by atoms with van der Waals surface area (Å²) in [5.41, 5.74) is 2.75. The number of benzene rings is 1. The zero-order valence-corrected chi connectivity index (χ0v) is 10.7. The van der Waals surface area contributed by atoms with E-state index in [2.05, 4.69) is 50.4 Å². The minimum atomic E-state index is 0.478. The second kappa shape index (κ2) is 5.01. The van der Waals surface area contributed by atoms with Gasteiger partial charge in [-0.1, -0.05) is 36.8 Å². The highest BCUT2D eigenvalue weighted by molar-refractivity contribution is 5.23. The molecule has 1 N–H and O–H groups in total. The van der Waals surface area contributed by atoms with Crippen molar-refractivity contribution in [1.29, 1.82) is 0 Å². The predicted molar refractivity (Wildman–Crippen MR) is 69.5 cm³/mol. The molecule has 1 aliphatic carbocycles. The summed E-state index contributed by atoms with van der Waals surface area (Å²) in [5, 5.41) is 3.76.